The van der Waals surface area contributed by atoms with Crippen LogP contribution in [0.5, 0.6) is 0 Å². The molecule has 10 heteroatoms. The molecule has 0 saturated carbocycles. The molecule has 0 aliphatic rings. The van der Waals surface area contributed by atoms with Crippen molar-refractivity contribution >= 4 is 10.0 Å². The zero-order valence-electron chi connectivity index (χ0n) is 15.8. The van der Waals surface area contributed by atoms with E-state index < -0.39 is 21.8 Å². The van der Waals surface area contributed by atoms with Crippen molar-refractivity contribution in [1.82, 2.24) is 15.2 Å². The fourth-order valence-electron chi connectivity index (χ4n) is 3.20. The third kappa shape index (κ3) is 4.21. The van der Waals surface area contributed by atoms with Gasteiger partial charge >= 0.3 is 6.18 Å². The Morgan fingerprint density at radius 3 is 2.00 bits per heavy atom. The molecule has 4 aromatic rings. The van der Waals surface area contributed by atoms with E-state index in [1.165, 1.54) is 12.1 Å². The van der Waals surface area contributed by atoms with Crippen molar-refractivity contribution in [2.75, 3.05) is 0 Å². The molecule has 0 fully saturated rings. The molecule has 0 amide bonds. The summed E-state index contributed by atoms with van der Waals surface area (Å²) in [5, 5.41) is 11.4. The quantitative estimate of drug-likeness (QED) is 0.485. The summed E-state index contributed by atoms with van der Waals surface area (Å²) in [5.74, 6) is 0. The lowest BCUT2D eigenvalue weighted by Crippen LogP contribution is -2.12. The maximum Gasteiger partial charge on any atom is 0.420 e. The Bertz CT molecular complexity index is 1320. The van der Waals surface area contributed by atoms with Crippen LogP contribution in [0.1, 0.15) is 5.56 Å². The van der Waals surface area contributed by atoms with Crippen molar-refractivity contribution in [2.45, 2.75) is 11.1 Å². The molecular weight excluding hydrogens is 429 g/mol. The van der Waals surface area contributed by atoms with Gasteiger partial charge in [-0.05, 0) is 29.3 Å². The van der Waals surface area contributed by atoms with Crippen LogP contribution in [0.3, 0.4) is 0 Å². The number of rotatable bonds is 4. The first kappa shape index (κ1) is 20.8. The number of hydrogen-bond donors (Lipinski definition) is 2. The number of nitrogens with one attached hydrogen (secondary N) is 1. The smallest absolute Gasteiger partial charge is 0.277 e. The third-order valence-electron chi connectivity index (χ3n) is 4.67. The van der Waals surface area contributed by atoms with Gasteiger partial charge in [-0.15, -0.1) is 0 Å². The summed E-state index contributed by atoms with van der Waals surface area (Å²) >= 11 is 0. The van der Waals surface area contributed by atoms with E-state index in [1.54, 1.807) is 42.7 Å². The van der Waals surface area contributed by atoms with Gasteiger partial charge in [-0.2, -0.15) is 18.3 Å². The zero-order chi connectivity index (χ0) is 22.2. The number of alkyl halides is 3. The van der Waals surface area contributed by atoms with Gasteiger partial charge in [0.15, 0.2) is 0 Å². The number of pyridine rings is 1. The number of H-pyrrole nitrogens is 1. The van der Waals surface area contributed by atoms with Crippen LogP contribution in [0.15, 0.2) is 78.0 Å². The molecule has 2 aromatic heterocycles. The van der Waals surface area contributed by atoms with Crippen LogP contribution < -0.4 is 5.14 Å². The summed E-state index contributed by atoms with van der Waals surface area (Å²) in [5.41, 5.74) is 0.595. The summed E-state index contributed by atoms with van der Waals surface area (Å²) in [6, 6.07) is 14.9. The van der Waals surface area contributed by atoms with Gasteiger partial charge < -0.3 is 0 Å². The van der Waals surface area contributed by atoms with Crippen LogP contribution in [-0.2, 0) is 16.2 Å². The van der Waals surface area contributed by atoms with E-state index in [0.29, 0.717) is 0 Å². The lowest BCUT2D eigenvalue weighted by atomic mass is 9.99. The molecule has 2 heterocycles. The number of sulfonamides is 1. The van der Waals surface area contributed by atoms with E-state index in [1.807, 2.05) is 6.07 Å². The Hall–Kier alpha value is -3.50. The van der Waals surface area contributed by atoms with E-state index in [2.05, 4.69) is 15.2 Å². The molecule has 0 saturated heterocycles. The van der Waals surface area contributed by atoms with Crippen molar-refractivity contribution in [1.29, 1.82) is 0 Å². The Kier molecular flexibility index (Phi) is 5.11. The number of hydrogen-bond acceptors (Lipinski definition) is 4. The Morgan fingerprint density at radius 2 is 1.45 bits per heavy atom. The van der Waals surface area contributed by atoms with Crippen molar-refractivity contribution in [2.24, 2.45) is 5.14 Å². The molecule has 0 bridgehead atoms. The summed E-state index contributed by atoms with van der Waals surface area (Å²) in [6.45, 7) is 0. The summed E-state index contributed by atoms with van der Waals surface area (Å²) in [4.78, 5) is 3.84. The summed E-state index contributed by atoms with van der Waals surface area (Å²) < 4.78 is 64.6. The second-order valence-electron chi connectivity index (χ2n) is 6.71. The predicted octanol–water partition coefficient (Wildman–Crippen LogP) is 4.47. The monoisotopic (exact) mass is 444 g/mol. The van der Waals surface area contributed by atoms with Crippen LogP contribution in [0.25, 0.3) is 33.6 Å². The Labute approximate surface area is 175 Å². The van der Waals surface area contributed by atoms with Crippen molar-refractivity contribution in [3.05, 3.63) is 78.6 Å². The van der Waals surface area contributed by atoms with E-state index in [9.17, 15) is 21.6 Å². The minimum Gasteiger partial charge on any atom is -0.277 e. The molecule has 0 atom stereocenters. The molecule has 158 valence electrons. The van der Waals surface area contributed by atoms with Gasteiger partial charge in [0, 0.05) is 23.5 Å². The van der Waals surface area contributed by atoms with Gasteiger partial charge in [-0.1, -0.05) is 42.5 Å². The molecule has 0 spiro atoms. The second kappa shape index (κ2) is 7.64. The summed E-state index contributed by atoms with van der Waals surface area (Å²) in [6.07, 6.45) is -1.40. The van der Waals surface area contributed by atoms with Gasteiger partial charge in [-0.3, -0.25) is 10.1 Å². The first-order chi connectivity index (χ1) is 14.6. The number of aromatic amines is 1. The number of nitrogens with two attached hydrogens (primary N) is 1. The normalized spacial score (nSPS) is 12.1. The van der Waals surface area contributed by atoms with Crippen LogP contribution >= 0.6 is 0 Å². The molecule has 0 aliphatic heterocycles. The van der Waals surface area contributed by atoms with Gasteiger partial charge in [0.05, 0.1) is 10.6 Å². The molecule has 2 aromatic carbocycles. The molecule has 4 rings (SSSR count). The first-order valence-corrected chi connectivity index (χ1v) is 10.5. The summed E-state index contributed by atoms with van der Waals surface area (Å²) in [7, 11) is -3.96. The number of nitrogens with zero attached hydrogens (tertiary/aromatic N) is 2. The molecule has 31 heavy (non-hydrogen) atoms. The molecule has 0 aliphatic carbocycles. The first-order valence-electron chi connectivity index (χ1n) is 8.94. The fourth-order valence-corrected chi connectivity index (χ4v) is 3.72. The van der Waals surface area contributed by atoms with Crippen LogP contribution in [0, 0.1) is 0 Å². The SMILES string of the molecule is NS(=O)(=O)c1ccc(-c2[nH]nc(-c3ccc(-c4cccnc4)cc3)c2C(F)(F)F)cc1. The maximum atomic E-state index is 13.9. The lowest BCUT2D eigenvalue weighted by molar-refractivity contribution is -0.136. The van der Waals surface area contributed by atoms with Gasteiger partial charge in [0.25, 0.3) is 0 Å². The van der Waals surface area contributed by atoms with Gasteiger partial charge in [0.2, 0.25) is 10.0 Å². The largest absolute Gasteiger partial charge is 0.420 e. The fraction of sp³-hybridized carbons (Fsp3) is 0.0476. The molecular formula is C21H15F3N4O2S. The average Bonchev–Trinajstić information content (AvgIpc) is 3.20. The Morgan fingerprint density at radius 1 is 0.839 bits per heavy atom. The molecule has 6 nitrogen and oxygen atoms in total. The average molecular weight is 444 g/mol. The molecule has 0 radical (unpaired) electrons. The highest BCUT2D eigenvalue weighted by Gasteiger charge is 2.39. The number of halogens is 3. The van der Waals surface area contributed by atoms with E-state index >= 15 is 0 Å². The highest BCUT2D eigenvalue weighted by Crippen LogP contribution is 2.42. The van der Waals surface area contributed by atoms with Gasteiger partial charge in [-0.25, -0.2) is 13.6 Å². The zero-order valence-corrected chi connectivity index (χ0v) is 16.6. The molecule has 3 N–H and O–H groups in total. The van der Waals surface area contributed by atoms with E-state index in [-0.39, 0.29) is 27.4 Å². The van der Waals surface area contributed by atoms with E-state index in [0.717, 1.165) is 23.3 Å². The predicted molar refractivity (Wildman–Crippen MR) is 109 cm³/mol. The standard InChI is InChI=1S/C21H15F3N4O2S/c22-21(23,24)18-19(14-5-3-13(4-6-14)16-2-1-11-26-12-16)27-28-20(18)15-7-9-17(10-8-15)31(25,29)30/h1-12H,(H,27,28)(H2,25,29,30). The number of primary sulfonamides is 1. The van der Waals surface area contributed by atoms with Crippen LogP contribution in [0.4, 0.5) is 13.2 Å². The van der Waals surface area contributed by atoms with Crippen molar-refractivity contribution < 1.29 is 21.6 Å². The van der Waals surface area contributed by atoms with Crippen molar-refractivity contribution in [3.8, 4) is 33.6 Å². The Balaban J connectivity index is 1.77. The third-order valence-corrected chi connectivity index (χ3v) is 5.60. The van der Waals surface area contributed by atoms with E-state index in [4.69, 9.17) is 5.14 Å². The highest BCUT2D eigenvalue weighted by molar-refractivity contribution is 7.89. The number of aromatic nitrogens is 3. The minimum atomic E-state index is -4.70. The maximum absolute atomic E-state index is 13.9. The highest BCUT2D eigenvalue weighted by atomic mass is 32.2. The molecule has 0 unspecified atom stereocenters. The number of benzene rings is 2. The topological polar surface area (TPSA) is 102 Å². The van der Waals surface area contributed by atoms with Crippen LogP contribution in [0.2, 0.25) is 0 Å². The van der Waals surface area contributed by atoms with Gasteiger partial charge in [0.1, 0.15) is 11.3 Å². The van der Waals surface area contributed by atoms with Crippen molar-refractivity contribution in [3.63, 3.8) is 0 Å². The lowest BCUT2D eigenvalue weighted by Gasteiger charge is -2.11. The second-order valence-corrected chi connectivity index (χ2v) is 8.27. The van der Waals surface area contributed by atoms with Crippen LogP contribution in [-0.4, -0.2) is 23.6 Å². The minimum absolute atomic E-state index is 0.130.